The maximum absolute atomic E-state index is 13.8. The topological polar surface area (TPSA) is 134 Å². The number of phenolic OH excluding ortho intramolecular Hbond substituents is 1. The minimum absolute atomic E-state index is 0.00765. The molecular weight excluding hydrogens is 591 g/mol. The van der Waals surface area contributed by atoms with Crippen molar-refractivity contribution in [2.24, 2.45) is 0 Å². The Labute approximate surface area is 268 Å². The average molecular weight is 635 g/mol. The number of carbonyl (C=O) groups excluding carboxylic acids is 4. The molecule has 11 nitrogen and oxygen atoms in total. The van der Waals surface area contributed by atoms with Crippen LogP contribution in [0.3, 0.4) is 0 Å². The fourth-order valence-electron chi connectivity index (χ4n) is 7.46. The van der Waals surface area contributed by atoms with Crippen LogP contribution in [-0.2, 0) is 20.9 Å². The average Bonchev–Trinajstić information content (AvgIpc) is 3.73. The zero-order chi connectivity index (χ0) is 32.2. The second kappa shape index (κ2) is 14.2. The number of amides is 4. The molecule has 0 aliphatic carbocycles. The predicted molar refractivity (Wildman–Crippen MR) is 168 cm³/mol. The SMILES string of the molecule is O=C1NCCC[C@H](NCc2ccccc2O)C(=O)N2CCC(CC2)N2CCC[C@H]2C(=O)N[C@@H]2C[C@H]1N(C(=O)c1ccc(F)cc1)C2. The van der Waals surface area contributed by atoms with Crippen LogP contribution in [0.4, 0.5) is 4.39 Å². The van der Waals surface area contributed by atoms with Crippen molar-refractivity contribution in [1.29, 1.82) is 0 Å². The first-order chi connectivity index (χ1) is 22.3. The second-order valence-electron chi connectivity index (χ2n) is 12.9. The highest BCUT2D eigenvalue weighted by molar-refractivity contribution is 5.98. The van der Waals surface area contributed by atoms with Gasteiger partial charge in [0.2, 0.25) is 17.7 Å². The number of fused-ring (bicyclic) bond motifs is 9. The third-order valence-corrected chi connectivity index (χ3v) is 9.94. The molecule has 5 aliphatic heterocycles. The van der Waals surface area contributed by atoms with Gasteiger partial charge in [0.05, 0.1) is 12.1 Å². The Hall–Kier alpha value is -4.03. The summed E-state index contributed by atoms with van der Waals surface area (Å²) < 4.78 is 13.6. The Morgan fingerprint density at radius 3 is 2.43 bits per heavy atom. The van der Waals surface area contributed by atoms with E-state index in [9.17, 15) is 28.7 Å². The molecule has 7 rings (SSSR count). The van der Waals surface area contributed by atoms with E-state index >= 15 is 0 Å². The number of benzene rings is 2. The molecule has 5 fully saturated rings. The fourth-order valence-corrected chi connectivity index (χ4v) is 7.46. The van der Waals surface area contributed by atoms with Gasteiger partial charge in [0, 0.05) is 55.9 Å². The van der Waals surface area contributed by atoms with Gasteiger partial charge in [-0.1, -0.05) is 18.2 Å². The lowest BCUT2D eigenvalue weighted by atomic mass is 10.00. The largest absolute Gasteiger partial charge is 0.508 e. The Morgan fingerprint density at radius 2 is 1.67 bits per heavy atom. The molecule has 4 amide bonds. The summed E-state index contributed by atoms with van der Waals surface area (Å²) in [5.74, 6) is -1.12. The highest BCUT2D eigenvalue weighted by Crippen LogP contribution is 2.28. The van der Waals surface area contributed by atoms with Crippen LogP contribution in [0.25, 0.3) is 0 Å². The number of aromatic hydroxyl groups is 1. The monoisotopic (exact) mass is 634 g/mol. The van der Waals surface area contributed by atoms with Crippen molar-refractivity contribution in [2.75, 3.05) is 32.7 Å². The molecule has 0 unspecified atom stereocenters. The highest BCUT2D eigenvalue weighted by Gasteiger charge is 2.43. The van der Waals surface area contributed by atoms with Crippen LogP contribution >= 0.6 is 0 Å². The smallest absolute Gasteiger partial charge is 0.254 e. The molecule has 4 atom stereocenters. The van der Waals surface area contributed by atoms with E-state index in [4.69, 9.17) is 0 Å². The summed E-state index contributed by atoms with van der Waals surface area (Å²) in [7, 11) is 0. The van der Waals surface area contributed by atoms with E-state index in [1.54, 1.807) is 12.1 Å². The van der Waals surface area contributed by atoms with Crippen molar-refractivity contribution in [3.63, 3.8) is 0 Å². The van der Waals surface area contributed by atoms with Crippen LogP contribution in [0, 0.1) is 5.82 Å². The van der Waals surface area contributed by atoms with Crippen LogP contribution in [0.5, 0.6) is 5.75 Å². The number of hydrogen-bond donors (Lipinski definition) is 4. The lowest BCUT2D eigenvalue weighted by Gasteiger charge is -2.40. The summed E-state index contributed by atoms with van der Waals surface area (Å²) >= 11 is 0. The lowest BCUT2D eigenvalue weighted by Crippen LogP contribution is -2.55. The van der Waals surface area contributed by atoms with Gasteiger partial charge in [0.1, 0.15) is 17.6 Å². The highest BCUT2D eigenvalue weighted by atomic mass is 19.1. The molecule has 5 saturated heterocycles. The second-order valence-corrected chi connectivity index (χ2v) is 12.9. The molecule has 5 heterocycles. The van der Waals surface area contributed by atoms with E-state index in [1.165, 1.54) is 29.2 Å². The van der Waals surface area contributed by atoms with Crippen molar-refractivity contribution >= 4 is 23.6 Å². The van der Waals surface area contributed by atoms with Crippen LogP contribution in [-0.4, -0.2) is 106 Å². The molecule has 0 spiro atoms. The Morgan fingerprint density at radius 1 is 0.913 bits per heavy atom. The number of piperidine rings is 1. The third-order valence-electron chi connectivity index (χ3n) is 9.94. The van der Waals surface area contributed by atoms with Gasteiger partial charge in [0.25, 0.3) is 5.91 Å². The fraction of sp³-hybridized carbons (Fsp3) is 0.529. The van der Waals surface area contributed by atoms with Gasteiger partial charge in [-0.3, -0.25) is 24.1 Å². The minimum atomic E-state index is -0.805. The van der Waals surface area contributed by atoms with E-state index in [2.05, 4.69) is 20.9 Å². The number of nitrogens with one attached hydrogen (secondary N) is 3. The standard InChI is InChI=1S/C34H43FN6O5/c35-24-11-9-22(10-12-24)33(45)41-21-25-19-29(41)31(43)36-15-3-6-27(37-20-23-5-1-2-8-30(23)42)34(46)39-17-13-26(14-18-39)40-16-4-7-28(40)32(44)38-25/h1-2,5,8-12,25-29,37,42H,3-4,6-7,13-21H2,(H,36,43)(H,38,44)/t25-,27+,28+,29-/m1/s1. The summed E-state index contributed by atoms with van der Waals surface area (Å²) in [6, 6.07) is 10.4. The molecule has 0 saturated carbocycles. The van der Waals surface area contributed by atoms with Crippen molar-refractivity contribution in [3.8, 4) is 5.75 Å². The van der Waals surface area contributed by atoms with E-state index < -0.39 is 29.8 Å². The summed E-state index contributed by atoms with van der Waals surface area (Å²) in [6.07, 6.45) is 4.47. The van der Waals surface area contributed by atoms with Gasteiger partial charge < -0.3 is 30.9 Å². The third kappa shape index (κ3) is 7.02. The Balaban J connectivity index is 1.22. The van der Waals surface area contributed by atoms with Gasteiger partial charge in [-0.2, -0.15) is 0 Å². The first-order valence-electron chi connectivity index (χ1n) is 16.5. The maximum atomic E-state index is 13.8. The Bertz CT molecular complexity index is 1430. The molecule has 0 aromatic heterocycles. The van der Waals surface area contributed by atoms with Gasteiger partial charge in [0.15, 0.2) is 0 Å². The van der Waals surface area contributed by atoms with Crippen molar-refractivity contribution in [3.05, 3.63) is 65.5 Å². The molecule has 2 aromatic carbocycles. The molecule has 2 aromatic rings. The molecular formula is C34H43FN6O5. The number of nitrogens with zero attached hydrogens (tertiary/aromatic N) is 3. The summed E-state index contributed by atoms with van der Waals surface area (Å²) in [6.45, 7) is 2.81. The number of carbonyl (C=O) groups is 4. The number of phenols is 1. The van der Waals surface area contributed by atoms with E-state index in [-0.39, 0.29) is 54.1 Å². The maximum Gasteiger partial charge on any atom is 0.254 e. The van der Waals surface area contributed by atoms with Crippen molar-refractivity contribution in [2.45, 2.75) is 81.7 Å². The molecule has 4 bridgehead atoms. The van der Waals surface area contributed by atoms with E-state index in [0.29, 0.717) is 44.6 Å². The number of halogens is 1. The van der Waals surface area contributed by atoms with Gasteiger partial charge in [-0.15, -0.1) is 0 Å². The van der Waals surface area contributed by atoms with Gasteiger partial charge in [-0.05, 0) is 81.8 Å². The zero-order valence-electron chi connectivity index (χ0n) is 26.0. The van der Waals surface area contributed by atoms with Gasteiger partial charge >= 0.3 is 0 Å². The van der Waals surface area contributed by atoms with Crippen LogP contribution in [0.1, 0.15) is 60.9 Å². The van der Waals surface area contributed by atoms with Crippen LogP contribution in [0.15, 0.2) is 48.5 Å². The quantitative estimate of drug-likeness (QED) is 0.403. The summed E-state index contributed by atoms with van der Waals surface area (Å²) in [5, 5.41) is 19.7. The van der Waals surface area contributed by atoms with Gasteiger partial charge in [-0.25, -0.2) is 4.39 Å². The minimum Gasteiger partial charge on any atom is -0.508 e. The zero-order valence-corrected chi connectivity index (χ0v) is 26.0. The van der Waals surface area contributed by atoms with Crippen LogP contribution in [0.2, 0.25) is 0 Å². The predicted octanol–water partition coefficient (Wildman–Crippen LogP) is 1.75. The van der Waals surface area contributed by atoms with Crippen molar-refractivity contribution in [1.82, 2.24) is 30.7 Å². The molecule has 246 valence electrons. The van der Waals surface area contributed by atoms with E-state index in [0.717, 1.165) is 32.2 Å². The number of rotatable bonds is 4. The summed E-state index contributed by atoms with van der Waals surface area (Å²) in [4.78, 5) is 60.1. The molecule has 4 N–H and O–H groups in total. The first kappa shape index (κ1) is 31.9. The lowest BCUT2D eigenvalue weighted by molar-refractivity contribution is -0.136. The number of hydrogen-bond acceptors (Lipinski definition) is 7. The summed E-state index contributed by atoms with van der Waals surface area (Å²) in [5.41, 5.74) is 0.969. The first-order valence-corrected chi connectivity index (χ1v) is 16.5. The van der Waals surface area contributed by atoms with E-state index in [1.807, 2.05) is 17.0 Å². The van der Waals surface area contributed by atoms with Crippen LogP contribution < -0.4 is 16.0 Å². The Kier molecular flexibility index (Phi) is 9.83. The molecule has 0 radical (unpaired) electrons. The molecule has 5 aliphatic rings. The molecule has 12 heteroatoms. The number of para-hydroxylation sites is 1. The van der Waals surface area contributed by atoms with Crippen molar-refractivity contribution < 1.29 is 28.7 Å². The molecule has 46 heavy (non-hydrogen) atoms. The number of likely N-dealkylation sites (tertiary alicyclic amines) is 1. The normalized spacial score (nSPS) is 27.9.